The molecule has 0 aliphatic carbocycles. The maximum atomic E-state index is 11.3. The van der Waals surface area contributed by atoms with Crippen LogP contribution in [0.5, 0.6) is 17.2 Å². The van der Waals surface area contributed by atoms with Crippen LogP contribution in [0.2, 0.25) is 0 Å². The minimum absolute atomic E-state index is 0.0230. The average molecular weight is 180 g/mol. The lowest BCUT2D eigenvalue weighted by Crippen LogP contribution is -2.00. The van der Waals surface area contributed by atoms with E-state index in [1.165, 1.54) is 13.2 Å². The predicted octanol–water partition coefficient (Wildman–Crippen LogP) is 0.976. The van der Waals surface area contributed by atoms with Crippen LogP contribution in [-0.4, -0.2) is 24.6 Å². The summed E-state index contributed by atoms with van der Waals surface area (Å²) in [7, 11) is 1.40. The van der Waals surface area contributed by atoms with Gasteiger partial charge in [-0.15, -0.1) is 0 Å². The minimum Gasteiger partial charge on any atom is -0.504 e. The Morgan fingerprint density at radius 2 is 2.31 bits per heavy atom. The lowest BCUT2D eigenvalue weighted by Gasteiger charge is -2.05. The third-order valence-corrected chi connectivity index (χ3v) is 1.94. The molecule has 0 saturated carbocycles. The Labute approximate surface area is 74.7 Å². The third-order valence-electron chi connectivity index (χ3n) is 1.94. The van der Waals surface area contributed by atoms with Crippen LogP contribution in [0.1, 0.15) is 10.4 Å². The highest BCUT2D eigenvalue weighted by Gasteiger charge is 2.27. The summed E-state index contributed by atoms with van der Waals surface area (Å²) in [5, 5.41) is 9.36. The number of phenols is 1. The van der Waals surface area contributed by atoms with Gasteiger partial charge in [-0.3, -0.25) is 4.79 Å². The van der Waals surface area contributed by atoms with Crippen LogP contribution in [0.15, 0.2) is 12.1 Å². The summed E-state index contributed by atoms with van der Waals surface area (Å²) in [6.07, 6.45) is 0. The number of carbonyl (C=O) groups is 1. The first kappa shape index (κ1) is 7.91. The quantitative estimate of drug-likeness (QED) is 0.699. The van der Waals surface area contributed by atoms with Gasteiger partial charge in [0, 0.05) is 0 Å². The summed E-state index contributed by atoms with van der Waals surface area (Å²) >= 11 is 0. The lowest BCUT2D eigenvalue weighted by atomic mass is 10.1. The number of fused-ring (bicyclic) bond motifs is 1. The smallest absolute Gasteiger partial charge is 0.207 e. The highest BCUT2D eigenvalue weighted by molar-refractivity contribution is 6.05. The fraction of sp³-hybridized carbons (Fsp3) is 0.222. The molecule has 0 amide bonds. The maximum Gasteiger partial charge on any atom is 0.207 e. The van der Waals surface area contributed by atoms with E-state index in [2.05, 4.69) is 0 Å². The molecule has 4 heteroatoms. The highest BCUT2D eigenvalue weighted by atomic mass is 16.5. The Balaban J connectivity index is 2.67. The van der Waals surface area contributed by atoms with Crippen molar-refractivity contribution in [2.24, 2.45) is 0 Å². The van der Waals surface area contributed by atoms with Gasteiger partial charge in [-0.2, -0.15) is 0 Å². The van der Waals surface area contributed by atoms with Gasteiger partial charge >= 0.3 is 0 Å². The van der Waals surface area contributed by atoms with Crippen molar-refractivity contribution in [1.82, 2.24) is 0 Å². The summed E-state index contributed by atoms with van der Waals surface area (Å²) in [6, 6.07) is 2.99. The number of hydrogen-bond donors (Lipinski definition) is 1. The fourth-order valence-electron chi connectivity index (χ4n) is 1.36. The molecule has 0 saturated heterocycles. The molecule has 1 aromatic carbocycles. The van der Waals surface area contributed by atoms with E-state index < -0.39 is 0 Å². The van der Waals surface area contributed by atoms with E-state index >= 15 is 0 Å². The molecular formula is C9H8O4. The number of benzene rings is 1. The SMILES string of the molecule is COc1c(O)ccc2c1C(=O)CO2. The van der Waals surface area contributed by atoms with Gasteiger partial charge in [0.15, 0.2) is 18.1 Å². The number of ketones is 1. The van der Waals surface area contributed by atoms with Crippen LogP contribution in [0, 0.1) is 0 Å². The molecule has 13 heavy (non-hydrogen) atoms. The first-order chi connectivity index (χ1) is 6.24. The molecule has 0 unspecified atom stereocenters. The Kier molecular flexibility index (Phi) is 1.62. The molecule has 0 fully saturated rings. The van der Waals surface area contributed by atoms with Crippen molar-refractivity contribution < 1.29 is 19.4 Å². The van der Waals surface area contributed by atoms with Crippen LogP contribution in [0.3, 0.4) is 0 Å². The molecule has 0 aromatic heterocycles. The van der Waals surface area contributed by atoms with Crippen molar-refractivity contribution in [3.8, 4) is 17.2 Å². The summed E-state index contributed by atoms with van der Waals surface area (Å²) < 4.78 is 9.97. The Morgan fingerprint density at radius 3 is 3.00 bits per heavy atom. The van der Waals surface area contributed by atoms with Gasteiger partial charge in [0.05, 0.1) is 7.11 Å². The summed E-state index contributed by atoms with van der Waals surface area (Å²) in [5.74, 6) is 0.461. The van der Waals surface area contributed by atoms with E-state index in [1.54, 1.807) is 6.07 Å². The minimum atomic E-state index is -0.164. The first-order valence-electron chi connectivity index (χ1n) is 3.80. The molecule has 1 aliphatic rings. The standard InChI is InChI=1S/C9H8O4/c1-12-9-5(10)2-3-7-8(9)6(11)4-13-7/h2-3,10H,4H2,1H3. The molecule has 0 bridgehead atoms. The van der Waals surface area contributed by atoms with Gasteiger partial charge < -0.3 is 14.6 Å². The van der Waals surface area contributed by atoms with Crippen LogP contribution < -0.4 is 9.47 Å². The third kappa shape index (κ3) is 1.02. The average Bonchev–Trinajstić information content (AvgIpc) is 2.49. The zero-order valence-corrected chi connectivity index (χ0v) is 7.03. The van der Waals surface area contributed by atoms with Gasteiger partial charge in [0.1, 0.15) is 11.3 Å². The number of carbonyl (C=O) groups excluding carboxylic acids is 1. The van der Waals surface area contributed by atoms with Crippen LogP contribution in [-0.2, 0) is 0 Å². The molecule has 68 valence electrons. The van der Waals surface area contributed by atoms with Crippen molar-refractivity contribution in [1.29, 1.82) is 0 Å². The predicted molar refractivity (Wildman–Crippen MR) is 44.5 cm³/mol. The van der Waals surface area contributed by atoms with E-state index in [4.69, 9.17) is 9.47 Å². The van der Waals surface area contributed by atoms with Crippen molar-refractivity contribution >= 4 is 5.78 Å². The van der Waals surface area contributed by atoms with Gasteiger partial charge in [-0.1, -0.05) is 0 Å². The van der Waals surface area contributed by atoms with Crippen molar-refractivity contribution in [2.75, 3.05) is 13.7 Å². The molecule has 0 spiro atoms. The largest absolute Gasteiger partial charge is 0.504 e. The van der Waals surface area contributed by atoms with Gasteiger partial charge in [0.25, 0.3) is 0 Å². The second-order valence-corrected chi connectivity index (χ2v) is 2.70. The van der Waals surface area contributed by atoms with Crippen molar-refractivity contribution in [3.05, 3.63) is 17.7 Å². The number of hydrogen-bond acceptors (Lipinski definition) is 4. The highest BCUT2D eigenvalue weighted by Crippen LogP contribution is 2.39. The zero-order chi connectivity index (χ0) is 9.42. The summed E-state index contributed by atoms with van der Waals surface area (Å²) in [5.41, 5.74) is 0.336. The number of phenolic OH excluding ortho intramolecular Hbond substituents is 1. The molecule has 1 N–H and O–H groups in total. The first-order valence-corrected chi connectivity index (χ1v) is 3.80. The number of aromatic hydroxyl groups is 1. The second-order valence-electron chi connectivity index (χ2n) is 2.70. The van der Waals surface area contributed by atoms with Gasteiger partial charge in [0.2, 0.25) is 5.78 Å². The number of ether oxygens (including phenoxy) is 2. The zero-order valence-electron chi connectivity index (χ0n) is 7.03. The van der Waals surface area contributed by atoms with Crippen LogP contribution in [0.25, 0.3) is 0 Å². The summed E-state index contributed by atoms with van der Waals surface area (Å²) in [6.45, 7) is 0.0230. The maximum absolute atomic E-state index is 11.3. The van der Waals surface area contributed by atoms with E-state index in [0.717, 1.165) is 0 Å². The van der Waals surface area contributed by atoms with E-state index in [9.17, 15) is 9.90 Å². The topological polar surface area (TPSA) is 55.8 Å². The van der Waals surface area contributed by atoms with E-state index in [-0.39, 0.29) is 23.9 Å². The molecule has 1 heterocycles. The van der Waals surface area contributed by atoms with Crippen molar-refractivity contribution in [2.45, 2.75) is 0 Å². The van der Waals surface area contributed by atoms with Crippen molar-refractivity contribution in [3.63, 3.8) is 0 Å². The normalized spacial score (nSPS) is 13.8. The number of Topliss-reactive ketones (excluding diaryl/α,β-unsaturated/α-hetero) is 1. The molecule has 0 atom stereocenters. The molecule has 4 nitrogen and oxygen atoms in total. The van der Waals surface area contributed by atoms with Crippen LogP contribution >= 0.6 is 0 Å². The van der Waals surface area contributed by atoms with E-state index in [1.807, 2.05) is 0 Å². The lowest BCUT2D eigenvalue weighted by molar-refractivity contribution is 0.0959. The second kappa shape index (κ2) is 2.65. The fourth-order valence-corrected chi connectivity index (χ4v) is 1.36. The molecule has 2 rings (SSSR count). The molecular weight excluding hydrogens is 172 g/mol. The number of rotatable bonds is 1. The molecule has 1 aromatic rings. The monoisotopic (exact) mass is 180 g/mol. The Hall–Kier alpha value is -1.71. The Morgan fingerprint density at radius 1 is 1.54 bits per heavy atom. The Bertz CT molecular complexity index is 370. The van der Waals surface area contributed by atoms with Gasteiger partial charge in [-0.25, -0.2) is 0 Å². The van der Waals surface area contributed by atoms with Crippen LogP contribution in [0.4, 0.5) is 0 Å². The van der Waals surface area contributed by atoms with Gasteiger partial charge in [-0.05, 0) is 12.1 Å². The summed E-state index contributed by atoms with van der Waals surface area (Å²) in [4.78, 5) is 11.3. The van der Waals surface area contributed by atoms with E-state index in [0.29, 0.717) is 11.3 Å². The molecule has 1 aliphatic heterocycles. The number of methoxy groups -OCH3 is 1. The molecule has 0 radical (unpaired) electrons.